The van der Waals surface area contributed by atoms with Crippen molar-refractivity contribution in [3.63, 3.8) is 0 Å². The maximum atomic E-state index is 9.44. The molecular weight excluding hydrogens is 174 g/mol. The number of aliphatic hydroxyl groups excluding tert-OH is 1. The van der Waals surface area contributed by atoms with Crippen LogP contribution < -0.4 is 5.32 Å². The molecule has 0 spiro atoms. The Labute approximate surface area is 87.1 Å². The minimum absolute atomic E-state index is 0.101. The minimum atomic E-state index is 0.101. The van der Waals surface area contributed by atoms with E-state index in [0.717, 1.165) is 19.4 Å². The molecule has 0 aromatic heterocycles. The quantitative estimate of drug-likeness (QED) is 0.667. The molecule has 2 N–H and O–H groups in total. The Kier molecular flexibility index (Phi) is 4.44. The molecule has 1 fully saturated rings. The molecule has 0 bridgehead atoms. The fourth-order valence-electron chi connectivity index (χ4n) is 2.12. The molecule has 1 rings (SSSR count). The number of hydrogen-bond donors (Lipinski definition) is 2. The molecule has 1 unspecified atom stereocenters. The molecule has 0 amide bonds. The summed E-state index contributed by atoms with van der Waals surface area (Å²) < 4.78 is 0. The lowest BCUT2D eigenvalue weighted by molar-refractivity contribution is 0.0804. The largest absolute Gasteiger partial charge is 0.396 e. The Bertz CT molecular complexity index is 201. The molecule has 0 aromatic rings. The second kappa shape index (κ2) is 5.38. The van der Waals surface area contributed by atoms with Crippen molar-refractivity contribution in [2.45, 2.75) is 45.1 Å². The lowest BCUT2D eigenvalue weighted by Gasteiger charge is -2.36. The first-order valence-corrected chi connectivity index (χ1v) is 5.53. The third-order valence-electron chi connectivity index (χ3n) is 3.28. The van der Waals surface area contributed by atoms with E-state index in [1.165, 1.54) is 19.3 Å². The number of terminal acetylenes is 1. The average Bonchev–Trinajstić information content (AvgIpc) is 2.27. The summed E-state index contributed by atoms with van der Waals surface area (Å²) in [6, 6.07) is 0.111. The summed E-state index contributed by atoms with van der Waals surface area (Å²) in [5.74, 6) is 2.65. The van der Waals surface area contributed by atoms with Crippen LogP contribution in [0.25, 0.3) is 0 Å². The van der Waals surface area contributed by atoms with E-state index >= 15 is 0 Å². The monoisotopic (exact) mass is 195 g/mol. The van der Waals surface area contributed by atoms with Gasteiger partial charge in [-0.2, -0.15) is 0 Å². The van der Waals surface area contributed by atoms with Crippen LogP contribution in [0.3, 0.4) is 0 Å². The Morgan fingerprint density at radius 1 is 1.43 bits per heavy atom. The molecule has 2 nitrogen and oxygen atoms in total. The van der Waals surface area contributed by atoms with Crippen molar-refractivity contribution in [2.24, 2.45) is 5.41 Å². The van der Waals surface area contributed by atoms with Crippen molar-refractivity contribution in [3.8, 4) is 12.3 Å². The van der Waals surface area contributed by atoms with E-state index < -0.39 is 0 Å². The van der Waals surface area contributed by atoms with E-state index in [9.17, 15) is 5.11 Å². The zero-order chi connectivity index (χ0) is 10.4. The number of rotatable bonds is 4. The van der Waals surface area contributed by atoms with Crippen molar-refractivity contribution in [1.29, 1.82) is 0 Å². The van der Waals surface area contributed by atoms with E-state index in [4.69, 9.17) is 6.42 Å². The van der Waals surface area contributed by atoms with Crippen LogP contribution in [0, 0.1) is 17.8 Å². The number of hydrogen-bond acceptors (Lipinski definition) is 2. The Balaban J connectivity index is 2.40. The normalized spacial score (nSPS) is 22.6. The van der Waals surface area contributed by atoms with E-state index in [0.29, 0.717) is 0 Å². The Morgan fingerprint density at radius 3 is 2.57 bits per heavy atom. The summed E-state index contributed by atoms with van der Waals surface area (Å²) in [5, 5.41) is 12.7. The fraction of sp³-hybridized carbons (Fsp3) is 0.833. The lowest BCUT2D eigenvalue weighted by atomic mass is 9.74. The predicted molar refractivity (Wildman–Crippen MR) is 58.9 cm³/mol. The highest BCUT2D eigenvalue weighted by Crippen LogP contribution is 2.35. The molecule has 1 atom stereocenters. The summed E-state index contributed by atoms with van der Waals surface area (Å²) >= 11 is 0. The van der Waals surface area contributed by atoms with E-state index in [-0.39, 0.29) is 18.1 Å². The van der Waals surface area contributed by atoms with Gasteiger partial charge in [0.2, 0.25) is 0 Å². The topological polar surface area (TPSA) is 32.3 Å². The van der Waals surface area contributed by atoms with Crippen molar-refractivity contribution < 1.29 is 5.11 Å². The molecular formula is C12H21NO. The standard InChI is InChI=1S/C12H21NO/c1-3-11(2)13-9-12(10-14)7-5-4-6-8-12/h1,11,13-14H,4-10H2,2H3. The van der Waals surface area contributed by atoms with Gasteiger partial charge in [-0.05, 0) is 19.8 Å². The first-order valence-electron chi connectivity index (χ1n) is 5.53. The van der Waals surface area contributed by atoms with Gasteiger partial charge in [0.15, 0.2) is 0 Å². The second-order valence-corrected chi connectivity index (χ2v) is 4.49. The van der Waals surface area contributed by atoms with Crippen LogP contribution in [0.1, 0.15) is 39.0 Å². The van der Waals surface area contributed by atoms with Crippen LogP contribution in [0.2, 0.25) is 0 Å². The highest BCUT2D eigenvalue weighted by atomic mass is 16.3. The van der Waals surface area contributed by atoms with Crippen LogP contribution in [0.4, 0.5) is 0 Å². The number of aliphatic hydroxyl groups is 1. The molecule has 14 heavy (non-hydrogen) atoms. The SMILES string of the molecule is C#CC(C)NCC1(CO)CCCCC1. The maximum Gasteiger partial charge on any atom is 0.0658 e. The fourth-order valence-corrected chi connectivity index (χ4v) is 2.12. The third-order valence-corrected chi connectivity index (χ3v) is 3.28. The average molecular weight is 195 g/mol. The van der Waals surface area contributed by atoms with Gasteiger partial charge < -0.3 is 10.4 Å². The molecule has 0 heterocycles. The predicted octanol–water partition coefficient (Wildman–Crippen LogP) is 1.54. The summed E-state index contributed by atoms with van der Waals surface area (Å²) in [7, 11) is 0. The minimum Gasteiger partial charge on any atom is -0.396 e. The van der Waals surface area contributed by atoms with E-state index in [1.54, 1.807) is 0 Å². The Hall–Kier alpha value is -0.520. The van der Waals surface area contributed by atoms with Crippen molar-refractivity contribution in [1.82, 2.24) is 5.32 Å². The van der Waals surface area contributed by atoms with Crippen LogP contribution in [-0.4, -0.2) is 24.3 Å². The van der Waals surface area contributed by atoms with Crippen molar-refractivity contribution >= 4 is 0 Å². The van der Waals surface area contributed by atoms with E-state index in [2.05, 4.69) is 11.2 Å². The molecule has 1 saturated carbocycles. The smallest absolute Gasteiger partial charge is 0.0658 e. The van der Waals surface area contributed by atoms with Crippen LogP contribution in [0.5, 0.6) is 0 Å². The Morgan fingerprint density at radius 2 is 2.07 bits per heavy atom. The molecule has 1 aliphatic rings. The molecule has 2 heteroatoms. The van der Waals surface area contributed by atoms with Crippen LogP contribution in [0.15, 0.2) is 0 Å². The third kappa shape index (κ3) is 3.01. The van der Waals surface area contributed by atoms with Gasteiger partial charge in [-0.1, -0.05) is 25.2 Å². The summed E-state index contributed by atoms with van der Waals surface area (Å²) in [5.41, 5.74) is 0.101. The molecule has 0 saturated heterocycles. The van der Waals surface area contributed by atoms with Gasteiger partial charge in [-0.25, -0.2) is 0 Å². The molecule has 80 valence electrons. The van der Waals surface area contributed by atoms with Gasteiger partial charge in [0.1, 0.15) is 0 Å². The van der Waals surface area contributed by atoms with Gasteiger partial charge >= 0.3 is 0 Å². The summed E-state index contributed by atoms with van der Waals surface area (Å²) in [6.45, 7) is 3.13. The number of nitrogens with one attached hydrogen (secondary N) is 1. The molecule has 0 aliphatic heterocycles. The second-order valence-electron chi connectivity index (χ2n) is 4.49. The zero-order valence-electron chi connectivity index (χ0n) is 9.05. The maximum absolute atomic E-state index is 9.44. The highest BCUT2D eigenvalue weighted by molar-refractivity contribution is 4.97. The molecule has 0 radical (unpaired) electrons. The highest BCUT2D eigenvalue weighted by Gasteiger charge is 2.31. The van der Waals surface area contributed by atoms with Gasteiger partial charge in [0.25, 0.3) is 0 Å². The van der Waals surface area contributed by atoms with Gasteiger partial charge in [0, 0.05) is 18.6 Å². The van der Waals surface area contributed by atoms with Gasteiger partial charge in [-0.15, -0.1) is 6.42 Å². The van der Waals surface area contributed by atoms with Crippen LogP contribution in [-0.2, 0) is 0 Å². The van der Waals surface area contributed by atoms with Crippen LogP contribution >= 0.6 is 0 Å². The summed E-state index contributed by atoms with van der Waals surface area (Å²) in [6.07, 6.45) is 11.4. The first kappa shape index (κ1) is 11.6. The molecule has 0 aromatic carbocycles. The van der Waals surface area contributed by atoms with E-state index in [1.807, 2.05) is 6.92 Å². The zero-order valence-corrected chi connectivity index (χ0v) is 9.05. The lowest BCUT2D eigenvalue weighted by Crippen LogP contribution is -2.41. The van der Waals surface area contributed by atoms with Crippen molar-refractivity contribution in [2.75, 3.05) is 13.2 Å². The van der Waals surface area contributed by atoms with Gasteiger partial charge in [0.05, 0.1) is 6.04 Å². The van der Waals surface area contributed by atoms with Crippen molar-refractivity contribution in [3.05, 3.63) is 0 Å². The molecule has 1 aliphatic carbocycles. The van der Waals surface area contributed by atoms with Gasteiger partial charge in [-0.3, -0.25) is 0 Å². The first-order chi connectivity index (χ1) is 6.72. The summed E-state index contributed by atoms with van der Waals surface area (Å²) in [4.78, 5) is 0.